The molecule has 14 rings (SSSR count). The Kier molecular flexibility index (Phi) is 12.5. The van der Waals surface area contributed by atoms with Gasteiger partial charge >= 0.3 is 0 Å². The zero-order valence-corrected chi connectivity index (χ0v) is 46.6. The van der Waals surface area contributed by atoms with E-state index in [0.717, 1.165) is 61.9 Å². The summed E-state index contributed by atoms with van der Waals surface area (Å²) in [5.41, 5.74) is 25.7. The number of benzene rings is 11. The van der Waals surface area contributed by atoms with E-state index in [1.165, 1.54) is 83.5 Å². The van der Waals surface area contributed by atoms with Crippen molar-refractivity contribution in [1.82, 2.24) is 0 Å². The second kappa shape index (κ2) is 20.3. The Morgan fingerprint density at radius 2 is 0.524 bits per heavy atom. The van der Waals surface area contributed by atoms with E-state index < -0.39 is 5.41 Å². The minimum absolute atomic E-state index is 0.00985. The van der Waals surface area contributed by atoms with Gasteiger partial charge in [0.1, 0.15) is 23.0 Å². The van der Waals surface area contributed by atoms with E-state index in [-0.39, 0.29) is 11.3 Å². The highest BCUT2D eigenvalue weighted by atomic mass is 16.5. The van der Waals surface area contributed by atoms with Crippen molar-refractivity contribution in [2.45, 2.75) is 17.8 Å². The molecule has 0 amide bonds. The Balaban J connectivity index is 0.958. The summed E-state index contributed by atoms with van der Waals surface area (Å²) in [6.45, 7) is 2.48. The maximum atomic E-state index is 5.49. The molecule has 0 fully saturated rings. The number of fused-ring (bicyclic) bond motifs is 10. The molecule has 4 heteroatoms. The van der Waals surface area contributed by atoms with Crippen LogP contribution in [0.3, 0.4) is 0 Å². The lowest BCUT2D eigenvalue weighted by molar-refractivity contribution is 0.373. The first-order valence-electron chi connectivity index (χ1n) is 28.1. The van der Waals surface area contributed by atoms with E-state index >= 15 is 0 Å². The highest BCUT2D eigenvalue weighted by Gasteiger charge is 2.62. The van der Waals surface area contributed by atoms with Crippen LogP contribution in [0.15, 0.2) is 267 Å². The number of allylic oxidation sites excluding steroid dienone is 4. The third-order valence-electron chi connectivity index (χ3n) is 17.8. The molecule has 0 heterocycles. The van der Waals surface area contributed by atoms with Crippen molar-refractivity contribution in [2.24, 2.45) is 5.92 Å². The van der Waals surface area contributed by atoms with Crippen molar-refractivity contribution < 1.29 is 18.9 Å². The third-order valence-corrected chi connectivity index (χ3v) is 17.8. The van der Waals surface area contributed by atoms with Gasteiger partial charge in [0.15, 0.2) is 0 Å². The zero-order chi connectivity index (χ0) is 55.5. The summed E-state index contributed by atoms with van der Waals surface area (Å²) in [7, 11) is 6.84. The van der Waals surface area contributed by atoms with Crippen LogP contribution in [0.2, 0.25) is 0 Å². The third kappa shape index (κ3) is 8.44. The monoisotopic (exact) mass is 1060 g/mol. The molecule has 0 saturated heterocycles. The van der Waals surface area contributed by atoms with Gasteiger partial charge < -0.3 is 18.9 Å². The second-order valence-corrected chi connectivity index (χ2v) is 22.0. The maximum absolute atomic E-state index is 5.49. The van der Waals surface area contributed by atoms with Gasteiger partial charge in [-0.05, 0) is 189 Å². The molecular weight excluding hydrogens is 1000 g/mol. The van der Waals surface area contributed by atoms with Gasteiger partial charge in [-0.15, -0.1) is 0 Å². The van der Waals surface area contributed by atoms with Crippen LogP contribution in [-0.4, -0.2) is 28.4 Å². The molecule has 0 saturated carbocycles. The molecule has 82 heavy (non-hydrogen) atoms. The molecule has 0 N–H and O–H groups in total. The Morgan fingerprint density at radius 3 is 0.841 bits per heavy atom. The van der Waals surface area contributed by atoms with E-state index in [1.807, 2.05) is 48.5 Å². The minimum Gasteiger partial charge on any atom is -0.497 e. The predicted molar refractivity (Wildman–Crippen MR) is 337 cm³/mol. The number of ether oxygens (including phenoxy) is 4. The average molecular weight is 1060 g/mol. The van der Waals surface area contributed by atoms with Gasteiger partial charge in [0.05, 0.1) is 33.9 Å². The van der Waals surface area contributed by atoms with Crippen molar-refractivity contribution in [3.63, 3.8) is 0 Å². The Labute approximate surface area is 480 Å². The first-order valence-corrected chi connectivity index (χ1v) is 28.1. The SMILES string of the molecule is COc1ccc(-c2ccc(C3=CC4C(C)(C=C3)c3ccc(-c5ccc(-c6ccc(OC)cc6)cc5)cc3C43c4cc(-c5ccc(-c6ccc(OC)cc6)cc5)ccc4-c4ccc(-c5ccc(-c6ccc(OC)cc6)cc5)cc43)cc2)cc1. The van der Waals surface area contributed by atoms with Gasteiger partial charge in [0, 0.05) is 11.3 Å². The summed E-state index contributed by atoms with van der Waals surface area (Å²) in [6.07, 6.45) is 7.52. The summed E-state index contributed by atoms with van der Waals surface area (Å²) in [5, 5.41) is 0. The molecule has 2 atom stereocenters. The molecule has 2 unspecified atom stereocenters. The fourth-order valence-electron chi connectivity index (χ4n) is 13.4. The average Bonchev–Trinajstić information content (AvgIpc) is 1.64. The van der Waals surface area contributed by atoms with Gasteiger partial charge in [0.25, 0.3) is 0 Å². The van der Waals surface area contributed by atoms with Crippen molar-refractivity contribution >= 4 is 5.57 Å². The number of rotatable bonds is 12. The van der Waals surface area contributed by atoms with Crippen LogP contribution in [0.1, 0.15) is 34.7 Å². The standard InChI is InChI=1S/C78H60O4/c1-77-45-44-65(61-20-12-53(13-21-61)57-28-39-69(82-5)40-29-57)49-76(77)78(75-48-64(32-43-72(75)77)60-18-10-52(11-19-60)56-26-37-68(81-4)38-27-56)73-46-62(58-14-6-50(7-15-58)54-22-33-66(79-2)34-23-54)30-41-70(73)71-42-31-63(47-74(71)78)59-16-8-51(9-17-59)55-24-35-67(80-3)36-25-55/h6-49,76H,1-5H3. The molecule has 11 aromatic rings. The van der Waals surface area contributed by atoms with Crippen LogP contribution < -0.4 is 18.9 Å². The molecule has 0 aromatic heterocycles. The number of hydrogen-bond donors (Lipinski definition) is 0. The van der Waals surface area contributed by atoms with E-state index in [1.54, 1.807) is 28.4 Å². The van der Waals surface area contributed by atoms with Crippen molar-refractivity contribution in [3.05, 3.63) is 295 Å². The Bertz CT molecular complexity index is 4110. The topological polar surface area (TPSA) is 36.9 Å². The minimum atomic E-state index is -0.606. The molecule has 1 spiro atoms. The highest BCUT2D eigenvalue weighted by molar-refractivity contribution is 5.93. The summed E-state index contributed by atoms with van der Waals surface area (Å²) in [6, 6.07) is 91.3. The van der Waals surface area contributed by atoms with Crippen LogP contribution in [0, 0.1) is 5.92 Å². The Hall–Kier alpha value is -9.90. The van der Waals surface area contributed by atoms with Gasteiger partial charge in [-0.25, -0.2) is 0 Å². The zero-order valence-electron chi connectivity index (χ0n) is 46.6. The highest BCUT2D eigenvalue weighted by Crippen LogP contribution is 2.68. The summed E-state index contributed by atoms with van der Waals surface area (Å²) in [4.78, 5) is 0. The Morgan fingerprint density at radius 1 is 0.268 bits per heavy atom. The molecule has 0 radical (unpaired) electrons. The molecule has 4 nitrogen and oxygen atoms in total. The lowest BCUT2D eigenvalue weighted by Gasteiger charge is -2.41. The lowest BCUT2D eigenvalue weighted by atomic mass is 9.60. The van der Waals surface area contributed by atoms with Gasteiger partial charge in [0.2, 0.25) is 0 Å². The molecule has 3 aliphatic carbocycles. The second-order valence-electron chi connectivity index (χ2n) is 22.0. The van der Waals surface area contributed by atoms with Crippen LogP contribution in [-0.2, 0) is 10.8 Å². The van der Waals surface area contributed by atoms with Crippen LogP contribution in [0.25, 0.3) is 94.6 Å². The van der Waals surface area contributed by atoms with Gasteiger partial charge in [-0.3, -0.25) is 0 Å². The van der Waals surface area contributed by atoms with Crippen LogP contribution >= 0.6 is 0 Å². The largest absolute Gasteiger partial charge is 0.497 e. The first kappa shape index (κ1) is 50.3. The normalized spacial score (nSPS) is 15.9. The molecule has 11 aromatic carbocycles. The van der Waals surface area contributed by atoms with Gasteiger partial charge in [-0.1, -0.05) is 207 Å². The smallest absolute Gasteiger partial charge is 0.118 e. The molecule has 0 aliphatic heterocycles. The first-order chi connectivity index (χ1) is 40.2. The fourth-order valence-corrected chi connectivity index (χ4v) is 13.4. The van der Waals surface area contributed by atoms with Crippen LogP contribution in [0.5, 0.6) is 23.0 Å². The van der Waals surface area contributed by atoms with Crippen LogP contribution in [0.4, 0.5) is 0 Å². The predicted octanol–water partition coefficient (Wildman–Crippen LogP) is 19.2. The summed E-state index contributed by atoms with van der Waals surface area (Å²) in [5.74, 6) is 3.38. The number of methoxy groups -OCH3 is 4. The molecular formula is C78H60O4. The number of hydrogen-bond acceptors (Lipinski definition) is 4. The summed E-state index contributed by atoms with van der Waals surface area (Å²) >= 11 is 0. The van der Waals surface area contributed by atoms with Crippen molar-refractivity contribution in [2.75, 3.05) is 28.4 Å². The van der Waals surface area contributed by atoms with E-state index in [4.69, 9.17) is 18.9 Å². The van der Waals surface area contributed by atoms with Crippen molar-refractivity contribution in [3.8, 4) is 112 Å². The van der Waals surface area contributed by atoms with Gasteiger partial charge in [-0.2, -0.15) is 0 Å². The van der Waals surface area contributed by atoms with E-state index in [9.17, 15) is 0 Å². The molecule has 3 aliphatic rings. The van der Waals surface area contributed by atoms with Crippen molar-refractivity contribution in [1.29, 1.82) is 0 Å². The summed E-state index contributed by atoms with van der Waals surface area (Å²) < 4.78 is 22.0. The van der Waals surface area contributed by atoms with E-state index in [2.05, 4.69) is 225 Å². The quantitative estimate of drug-likeness (QED) is 0.122. The fraction of sp³-hybridized carbons (Fsp3) is 0.103. The lowest BCUT2D eigenvalue weighted by Crippen LogP contribution is -2.39. The molecule has 0 bridgehead atoms. The maximum Gasteiger partial charge on any atom is 0.118 e. The molecule has 396 valence electrons. The van der Waals surface area contributed by atoms with E-state index in [0.29, 0.717) is 0 Å².